The standard InChI is InChI=1S/C17H14N2O2/c1-21-17-14(6-4-10-18-17)16(20)11-13-9-8-12-5-2-3-7-15(12)19-13/h2-10H,11H2,1H3. The number of Topliss-reactive ketones (excluding diaryl/α,β-unsaturated/α-hetero) is 1. The fourth-order valence-electron chi connectivity index (χ4n) is 2.23. The topological polar surface area (TPSA) is 52.1 Å². The Balaban J connectivity index is 1.89. The molecule has 4 heteroatoms. The molecule has 0 aliphatic rings. The normalized spacial score (nSPS) is 10.5. The molecule has 0 bridgehead atoms. The van der Waals surface area contributed by atoms with Crippen LogP contribution in [0.25, 0.3) is 10.9 Å². The Bertz CT molecular complexity index is 799. The van der Waals surface area contributed by atoms with Gasteiger partial charge in [-0.1, -0.05) is 24.3 Å². The molecule has 2 heterocycles. The van der Waals surface area contributed by atoms with E-state index in [2.05, 4.69) is 9.97 Å². The average Bonchev–Trinajstić information content (AvgIpc) is 2.54. The Morgan fingerprint density at radius 1 is 1.10 bits per heavy atom. The predicted octanol–water partition coefficient (Wildman–Crippen LogP) is 3.06. The zero-order valence-electron chi connectivity index (χ0n) is 11.6. The number of rotatable bonds is 4. The van der Waals surface area contributed by atoms with Crippen molar-refractivity contribution >= 4 is 16.7 Å². The van der Waals surface area contributed by atoms with Gasteiger partial charge in [0.1, 0.15) is 0 Å². The van der Waals surface area contributed by atoms with E-state index in [1.165, 1.54) is 7.11 Å². The second kappa shape index (κ2) is 5.71. The number of ketones is 1. The summed E-state index contributed by atoms with van der Waals surface area (Å²) in [7, 11) is 1.51. The first-order chi connectivity index (χ1) is 10.3. The summed E-state index contributed by atoms with van der Waals surface area (Å²) in [4.78, 5) is 20.9. The van der Waals surface area contributed by atoms with Gasteiger partial charge in [-0.2, -0.15) is 0 Å². The number of nitrogens with zero attached hydrogens (tertiary/aromatic N) is 2. The maximum atomic E-state index is 12.4. The lowest BCUT2D eigenvalue weighted by Crippen LogP contribution is -2.08. The lowest BCUT2D eigenvalue weighted by molar-refractivity contribution is 0.0988. The number of para-hydroxylation sites is 1. The Kier molecular flexibility index (Phi) is 3.60. The van der Waals surface area contributed by atoms with E-state index in [-0.39, 0.29) is 12.2 Å². The van der Waals surface area contributed by atoms with Crippen molar-refractivity contribution in [1.82, 2.24) is 9.97 Å². The van der Waals surface area contributed by atoms with Gasteiger partial charge in [0.2, 0.25) is 5.88 Å². The Morgan fingerprint density at radius 3 is 2.81 bits per heavy atom. The zero-order valence-corrected chi connectivity index (χ0v) is 11.6. The molecular weight excluding hydrogens is 264 g/mol. The van der Waals surface area contributed by atoms with Crippen LogP contribution >= 0.6 is 0 Å². The van der Waals surface area contributed by atoms with Crippen molar-refractivity contribution in [2.75, 3.05) is 7.11 Å². The number of ether oxygens (including phenoxy) is 1. The number of carbonyl (C=O) groups is 1. The molecule has 2 aromatic heterocycles. The van der Waals surface area contributed by atoms with E-state index in [4.69, 9.17) is 4.74 Å². The molecule has 3 aromatic rings. The van der Waals surface area contributed by atoms with E-state index < -0.39 is 0 Å². The van der Waals surface area contributed by atoms with Gasteiger partial charge in [-0.15, -0.1) is 0 Å². The molecule has 0 spiro atoms. The van der Waals surface area contributed by atoms with Gasteiger partial charge in [0.25, 0.3) is 0 Å². The first-order valence-electron chi connectivity index (χ1n) is 6.65. The molecule has 104 valence electrons. The highest BCUT2D eigenvalue weighted by Crippen LogP contribution is 2.17. The molecule has 0 amide bonds. The summed E-state index contributed by atoms with van der Waals surface area (Å²) in [5, 5.41) is 1.06. The van der Waals surface area contributed by atoms with E-state index in [1.54, 1.807) is 18.3 Å². The largest absolute Gasteiger partial charge is 0.480 e. The summed E-state index contributed by atoms with van der Waals surface area (Å²) in [6.07, 6.45) is 1.83. The average molecular weight is 278 g/mol. The van der Waals surface area contributed by atoms with Gasteiger partial charge >= 0.3 is 0 Å². The van der Waals surface area contributed by atoms with Crippen LogP contribution in [0.15, 0.2) is 54.7 Å². The van der Waals surface area contributed by atoms with Gasteiger partial charge in [-0.25, -0.2) is 4.98 Å². The minimum Gasteiger partial charge on any atom is -0.480 e. The van der Waals surface area contributed by atoms with E-state index in [9.17, 15) is 4.79 Å². The minimum absolute atomic E-state index is 0.0530. The lowest BCUT2D eigenvalue weighted by Gasteiger charge is -2.06. The highest BCUT2D eigenvalue weighted by Gasteiger charge is 2.14. The molecule has 0 atom stereocenters. The Labute approximate surface area is 122 Å². The van der Waals surface area contributed by atoms with Crippen molar-refractivity contribution in [3.05, 3.63) is 66.0 Å². The van der Waals surface area contributed by atoms with Crippen molar-refractivity contribution in [2.24, 2.45) is 0 Å². The fourth-order valence-corrected chi connectivity index (χ4v) is 2.23. The maximum Gasteiger partial charge on any atom is 0.224 e. The molecule has 0 aliphatic heterocycles. The lowest BCUT2D eigenvalue weighted by atomic mass is 10.1. The SMILES string of the molecule is COc1ncccc1C(=O)Cc1ccc2ccccc2n1. The summed E-state index contributed by atoms with van der Waals surface area (Å²) in [5.41, 5.74) is 2.11. The predicted molar refractivity (Wildman–Crippen MR) is 80.6 cm³/mol. The minimum atomic E-state index is -0.0530. The monoisotopic (exact) mass is 278 g/mol. The number of methoxy groups -OCH3 is 1. The number of hydrogen-bond acceptors (Lipinski definition) is 4. The number of carbonyl (C=O) groups excluding carboxylic acids is 1. The quantitative estimate of drug-likeness (QED) is 0.688. The van der Waals surface area contributed by atoms with Crippen LogP contribution in [0.5, 0.6) is 5.88 Å². The molecule has 4 nitrogen and oxygen atoms in total. The van der Waals surface area contributed by atoms with Crippen molar-refractivity contribution in [3.8, 4) is 5.88 Å². The van der Waals surface area contributed by atoms with Crippen LogP contribution in [0.1, 0.15) is 16.1 Å². The molecular formula is C17H14N2O2. The van der Waals surface area contributed by atoms with Crippen LogP contribution in [0, 0.1) is 0 Å². The molecule has 0 fully saturated rings. The van der Waals surface area contributed by atoms with Gasteiger partial charge in [-0.05, 0) is 24.3 Å². The number of benzene rings is 1. The van der Waals surface area contributed by atoms with Gasteiger partial charge in [0.05, 0.1) is 24.6 Å². The van der Waals surface area contributed by atoms with Crippen LogP contribution in [0.3, 0.4) is 0 Å². The molecule has 21 heavy (non-hydrogen) atoms. The second-order valence-electron chi connectivity index (χ2n) is 4.66. The summed E-state index contributed by atoms with van der Waals surface area (Å²) >= 11 is 0. The van der Waals surface area contributed by atoms with Crippen LogP contribution in [0.4, 0.5) is 0 Å². The van der Waals surface area contributed by atoms with E-state index in [0.717, 1.165) is 16.6 Å². The molecule has 0 saturated heterocycles. The maximum absolute atomic E-state index is 12.4. The Hall–Kier alpha value is -2.75. The number of pyridine rings is 2. The third kappa shape index (κ3) is 2.74. The van der Waals surface area contributed by atoms with E-state index in [0.29, 0.717) is 11.4 Å². The van der Waals surface area contributed by atoms with Crippen LogP contribution < -0.4 is 4.74 Å². The molecule has 0 unspecified atom stereocenters. The molecule has 1 aromatic carbocycles. The van der Waals surface area contributed by atoms with Crippen LogP contribution in [-0.2, 0) is 6.42 Å². The van der Waals surface area contributed by atoms with Gasteiger partial charge in [0, 0.05) is 17.3 Å². The molecule has 0 N–H and O–H groups in total. The van der Waals surface area contributed by atoms with E-state index >= 15 is 0 Å². The van der Waals surface area contributed by atoms with Gasteiger partial charge < -0.3 is 4.74 Å². The summed E-state index contributed by atoms with van der Waals surface area (Å²) in [6, 6.07) is 15.1. The summed E-state index contributed by atoms with van der Waals surface area (Å²) in [5.74, 6) is 0.297. The Morgan fingerprint density at radius 2 is 1.95 bits per heavy atom. The highest BCUT2D eigenvalue weighted by atomic mass is 16.5. The van der Waals surface area contributed by atoms with Crippen molar-refractivity contribution in [1.29, 1.82) is 0 Å². The smallest absolute Gasteiger partial charge is 0.224 e. The van der Waals surface area contributed by atoms with Crippen molar-refractivity contribution in [2.45, 2.75) is 6.42 Å². The van der Waals surface area contributed by atoms with E-state index in [1.807, 2.05) is 36.4 Å². The van der Waals surface area contributed by atoms with Gasteiger partial charge in [-0.3, -0.25) is 9.78 Å². The number of aromatic nitrogens is 2. The van der Waals surface area contributed by atoms with Crippen molar-refractivity contribution < 1.29 is 9.53 Å². The van der Waals surface area contributed by atoms with Crippen LogP contribution in [-0.4, -0.2) is 22.9 Å². The summed E-state index contributed by atoms with van der Waals surface area (Å²) in [6.45, 7) is 0. The third-order valence-electron chi connectivity index (χ3n) is 3.26. The van der Waals surface area contributed by atoms with Crippen LogP contribution in [0.2, 0.25) is 0 Å². The first-order valence-corrected chi connectivity index (χ1v) is 6.65. The zero-order chi connectivity index (χ0) is 14.7. The third-order valence-corrected chi connectivity index (χ3v) is 3.26. The molecule has 0 saturated carbocycles. The fraction of sp³-hybridized carbons (Fsp3) is 0.118. The first kappa shape index (κ1) is 13.2. The summed E-state index contributed by atoms with van der Waals surface area (Å²) < 4.78 is 5.12. The number of hydrogen-bond donors (Lipinski definition) is 0. The molecule has 0 radical (unpaired) electrons. The second-order valence-corrected chi connectivity index (χ2v) is 4.66. The van der Waals surface area contributed by atoms with Crippen molar-refractivity contribution in [3.63, 3.8) is 0 Å². The molecule has 0 aliphatic carbocycles. The highest BCUT2D eigenvalue weighted by molar-refractivity contribution is 5.99. The molecule has 3 rings (SSSR count). The van der Waals surface area contributed by atoms with Gasteiger partial charge in [0.15, 0.2) is 5.78 Å². The number of fused-ring (bicyclic) bond motifs is 1.